The van der Waals surface area contributed by atoms with Gasteiger partial charge in [-0.3, -0.25) is 4.79 Å². The number of hydrogen-bond acceptors (Lipinski definition) is 3. The molecule has 5 nitrogen and oxygen atoms in total. The second-order valence-electron chi connectivity index (χ2n) is 7.57. The van der Waals surface area contributed by atoms with Crippen LogP contribution in [0.4, 0.5) is 0 Å². The molecule has 0 aromatic heterocycles. The third-order valence-corrected chi connectivity index (χ3v) is 5.90. The number of carbonyl (C=O) groups excluding carboxylic acids is 1. The fourth-order valence-corrected chi connectivity index (χ4v) is 4.50. The maximum absolute atomic E-state index is 12.5. The van der Waals surface area contributed by atoms with Crippen LogP contribution in [0.5, 0.6) is 0 Å². The van der Waals surface area contributed by atoms with Gasteiger partial charge in [-0.15, -0.1) is 0 Å². The van der Waals surface area contributed by atoms with E-state index in [0.29, 0.717) is 11.5 Å². The highest BCUT2D eigenvalue weighted by atomic mass is 32.2. The van der Waals surface area contributed by atoms with Crippen molar-refractivity contribution in [3.63, 3.8) is 0 Å². The highest BCUT2D eigenvalue weighted by molar-refractivity contribution is 7.89. The third kappa shape index (κ3) is 4.80. The topological polar surface area (TPSA) is 66.5 Å². The van der Waals surface area contributed by atoms with Gasteiger partial charge in [0, 0.05) is 24.2 Å². The van der Waals surface area contributed by atoms with Gasteiger partial charge >= 0.3 is 0 Å². The lowest BCUT2D eigenvalue weighted by Gasteiger charge is -2.20. The molecule has 0 bridgehead atoms. The summed E-state index contributed by atoms with van der Waals surface area (Å²) < 4.78 is 27.2. The summed E-state index contributed by atoms with van der Waals surface area (Å²) in [6.07, 6.45) is 3.35. The number of sulfonamides is 1. The first-order chi connectivity index (χ1) is 11.1. The Kier molecular flexibility index (Phi) is 5.71. The summed E-state index contributed by atoms with van der Waals surface area (Å²) in [6, 6.07) is 6.21. The van der Waals surface area contributed by atoms with Gasteiger partial charge in [-0.05, 0) is 63.8 Å². The second kappa shape index (κ2) is 7.23. The van der Waals surface area contributed by atoms with E-state index < -0.39 is 15.6 Å². The van der Waals surface area contributed by atoms with Crippen LogP contribution in [0.2, 0.25) is 0 Å². The van der Waals surface area contributed by atoms with Crippen LogP contribution >= 0.6 is 0 Å². The molecule has 1 aliphatic heterocycles. The van der Waals surface area contributed by atoms with Crippen LogP contribution in [-0.2, 0) is 10.0 Å². The Bertz CT molecular complexity index is 675. The number of benzene rings is 1. The molecule has 134 valence electrons. The van der Waals surface area contributed by atoms with Crippen molar-refractivity contribution in [2.45, 2.75) is 57.4 Å². The molecule has 1 aromatic carbocycles. The summed E-state index contributed by atoms with van der Waals surface area (Å²) in [4.78, 5) is 14.6. The fourth-order valence-electron chi connectivity index (χ4n) is 3.08. The van der Waals surface area contributed by atoms with Crippen molar-refractivity contribution in [2.75, 3.05) is 13.1 Å². The molecule has 0 spiro atoms. The van der Waals surface area contributed by atoms with Gasteiger partial charge in [0.2, 0.25) is 10.0 Å². The van der Waals surface area contributed by atoms with E-state index in [9.17, 15) is 13.2 Å². The molecule has 1 saturated heterocycles. The maximum Gasteiger partial charge on any atom is 0.253 e. The Morgan fingerprint density at radius 2 is 1.88 bits per heavy atom. The predicted molar refractivity (Wildman–Crippen MR) is 95.4 cm³/mol. The molecule has 2 rings (SSSR count). The SMILES string of the molecule is CCC[C@@H]1CCN(C(=O)c2ccc(S(=O)(=O)NC(C)(C)C)cc2)C1. The van der Waals surface area contributed by atoms with Gasteiger partial charge in [0.05, 0.1) is 4.90 Å². The normalized spacial score (nSPS) is 18.8. The van der Waals surface area contributed by atoms with Crippen molar-refractivity contribution in [3.05, 3.63) is 29.8 Å². The van der Waals surface area contributed by atoms with E-state index >= 15 is 0 Å². The van der Waals surface area contributed by atoms with Crippen molar-refractivity contribution in [2.24, 2.45) is 5.92 Å². The Morgan fingerprint density at radius 1 is 1.25 bits per heavy atom. The van der Waals surface area contributed by atoms with E-state index in [0.717, 1.165) is 32.4 Å². The summed E-state index contributed by atoms with van der Waals surface area (Å²) in [7, 11) is -3.57. The Hall–Kier alpha value is -1.40. The molecule has 24 heavy (non-hydrogen) atoms. The Balaban J connectivity index is 2.08. The molecule has 0 unspecified atom stereocenters. The van der Waals surface area contributed by atoms with Crippen molar-refractivity contribution >= 4 is 15.9 Å². The summed E-state index contributed by atoms with van der Waals surface area (Å²) in [5, 5.41) is 0. The zero-order chi connectivity index (χ0) is 18.0. The predicted octanol–water partition coefficient (Wildman–Crippen LogP) is 3.03. The lowest BCUT2D eigenvalue weighted by molar-refractivity contribution is 0.0786. The zero-order valence-corrected chi connectivity index (χ0v) is 15.8. The van der Waals surface area contributed by atoms with Gasteiger partial charge in [-0.25, -0.2) is 13.1 Å². The van der Waals surface area contributed by atoms with Crippen LogP contribution < -0.4 is 4.72 Å². The molecule has 1 aromatic rings. The summed E-state index contributed by atoms with van der Waals surface area (Å²) in [5.74, 6) is 0.580. The van der Waals surface area contributed by atoms with Gasteiger partial charge in [-0.1, -0.05) is 13.3 Å². The van der Waals surface area contributed by atoms with Gasteiger partial charge < -0.3 is 4.90 Å². The lowest BCUT2D eigenvalue weighted by Crippen LogP contribution is -2.40. The van der Waals surface area contributed by atoms with Crippen LogP contribution in [0.15, 0.2) is 29.2 Å². The summed E-state index contributed by atoms with van der Waals surface area (Å²) in [5.41, 5.74) is -0.00109. The average molecular weight is 353 g/mol. The van der Waals surface area contributed by atoms with E-state index in [2.05, 4.69) is 11.6 Å². The maximum atomic E-state index is 12.5. The first-order valence-electron chi connectivity index (χ1n) is 8.55. The Labute approximate surface area is 145 Å². The minimum atomic E-state index is -3.57. The summed E-state index contributed by atoms with van der Waals surface area (Å²) in [6.45, 7) is 9.14. The van der Waals surface area contributed by atoms with E-state index in [1.807, 2.05) is 4.90 Å². The minimum Gasteiger partial charge on any atom is -0.338 e. The van der Waals surface area contributed by atoms with E-state index in [-0.39, 0.29) is 10.8 Å². The summed E-state index contributed by atoms with van der Waals surface area (Å²) >= 11 is 0. The molecule has 1 heterocycles. The van der Waals surface area contributed by atoms with Crippen molar-refractivity contribution < 1.29 is 13.2 Å². The van der Waals surface area contributed by atoms with Gasteiger partial charge in [-0.2, -0.15) is 0 Å². The minimum absolute atomic E-state index is 0.0127. The molecule has 6 heteroatoms. The third-order valence-electron chi connectivity index (χ3n) is 4.12. The molecule has 1 fully saturated rings. The van der Waals surface area contributed by atoms with Gasteiger partial charge in [0.15, 0.2) is 0 Å². The lowest BCUT2D eigenvalue weighted by atomic mass is 10.0. The monoisotopic (exact) mass is 352 g/mol. The van der Waals surface area contributed by atoms with Crippen molar-refractivity contribution in [1.82, 2.24) is 9.62 Å². The number of hydrogen-bond donors (Lipinski definition) is 1. The number of carbonyl (C=O) groups is 1. The molecule has 0 aliphatic carbocycles. The molecule has 0 radical (unpaired) electrons. The van der Waals surface area contributed by atoms with E-state index in [1.165, 1.54) is 12.1 Å². The molecule has 1 atom stereocenters. The van der Waals surface area contributed by atoms with Crippen molar-refractivity contribution in [3.8, 4) is 0 Å². The van der Waals surface area contributed by atoms with E-state index in [4.69, 9.17) is 0 Å². The molecular weight excluding hydrogens is 324 g/mol. The quantitative estimate of drug-likeness (QED) is 0.886. The first kappa shape index (κ1) is 18.9. The standard InChI is InChI=1S/C18H28N2O3S/c1-5-6-14-11-12-20(13-14)17(21)15-7-9-16(10-8-15)24(22,23)19-18(2,3)4/h7-10,14,19H,5-6,11-13H2,1-4H3/t14-/m1/s1. The number of likely N-dealkylation sites (tertiary alicyclic amines) is 1. The largest absolute Gasteiger partial charge is 0.338 e. The number of nitrogens with zero attached hydrogens (tertiary/aromatic N) is 1. The fraction of sp³-hybridized carbons (Fsp3) is 0.611. The first-order valence-corrected chi connectivity index (χ1v) is 10.0. The molecule has 0 saturated carbocycles. The van der Waals surface area contributed by atoms with Crippen LogP contribution in [0.1, 0.15) is 57.3 Å². The van der Waals surface area contributed by atoms with Crippen LogP contribution in [0.3, 0.4) is 0 Å². The number of amides is 1. The molecule has 1 N–H and O–H groups in total. The Morgan fingerprint density at radius 3 is 2.42 bits per heavy atom. The average Bonchev–Trinajstić information content (AvgIpc) is 2.93. The van der Waals surface area contributed by atoms with Gasteiger partial charge in [0.25, 0.3) is 5.91 Å². The van der Waals surface area contributed by atoms with Gasteiger partial charge in [0.1, 0.15) is 0 Å². The smallest absolute Gasteiger partial charge is 0.253 e. The van der Waals surface area contributed by atoms with Crippen LogP contribution in [0.25, 0.3) is 0 Å². The zero-order valence-electron chi connectivity index (χ0n) is 15.0. The molecule has 1 aliphatic rings. The number of nitrogens with one attached hydrogen (secondary N) is 1. The second-order valence-corrected chi connectivity index (χ2v) is 9.26. The molecule has 1 amide bonds. The van der Waals surface area contributed by atoms with E-state index in [1.54, 1.807) is 32.9 Å². The molecular formula is C18H28N2O3S. The highest BCUT2D eigenvalue weighted by Gasteiger charge is 2.27. The van der Waals surface area contributed by atoms with Crippen LogP contribution in [-0.4, -0.2) is 37.9 Å². The van der Waals surface area contributed by atoms with Crippen molar-refractivity contribution in [1.29, 1.82) is 0 Å². The number of rotatable bonds is 5. The van der Waals surface area contributed by atoms with Crippen LogP contribution in [0, 0.1) is 5.92 Å². The highest BCUT2D eigenvalue weighted by Crippen LogP contribution is 2.23.